The standard InChI is InChI=1S/C17H16ClN5OS/c18-14-8-6-12(7-9-14)10-20-15(24)11-25-17-22-21-16(23(17)19)13-4-2-1-3-5-13/h1-9H,10-11,19H2,(H,20,24). The molecule has 128 valence electrons. The molecule has 0 saturated carbocycles. The van der Waals surface area contributed by atoms with Gasteiger partial charge < -0.3 is 11.2 Å². The Morgan fingerprint density at radius 3 is 2.56 bits per heavy atom. The fourth-order valence-corrected chi connectivity index (χ4v) is 2.96. The predicted molar refractivity (Wildman–Crippen MR) is 99.6 cm³/mol. The van der Waals surface area contributed by atoms with Gasteiger partial charge in [-0.3, -0.25) is 4.79 Å². The number of carbonyl (C=O) groups is 1. The van der Waals surface area contributed by atoms with Crippen molar-refractivity contribution in [3.63, 3.8) is 0 Å². The van der Waals surface area contributed by atoms with Gasteiger partial charge in [0, 0.05) is 17.1 Å². The largest absolute Gasteiger partial charge is 0.351 e. The van der Waals surface area contributed by atoms with Crippen LogP contribution in [0.4, 0.5) is 0 Å². The first-order valence-corrected chi connectivity index (χ1v) is 8.89. The molecule has 0 unspecified atom stereocenters. The van der Waals surface area contributed by atoms with Gasteiger partial charge in [-0.25, -0.2) is 4.68 Å². The molecule has 0 fully saturated rings. The summed E-state index contributed by atoms with van der Waals surface area (Å²) >= 11 is 7.07. The number of aromatic nitrogens is 3. The monoisotopic (exact) mass is 373 g/mol. The van der Waals surface area contributed by atoms with Gasteiger partial charge in [0.25, 0.3) is 0 Å². The second-order valence-corrected chi connectivity index (χ2v) is 6.61. The fourth-order valence-electron chi connectivity index (χ4n) is 2.14. The molecule has 0 atom stereocenters. The van der Waals surface area contributed by atoms with Crippen LogP contribution < -0.4 is 11.2 Å². The Morgan fingerprint density at radius 1 is 1.12 bits per heavy atom. The summed E-state index contributed by atoms with van der Waals surface area (Å²) in [5.74, 6) is 6.69. The van der Waals surface area contributed by atoms with E-state index in [9.17, 15) is 4.79 Å². The number of halogens is 1. The molecule has 8 heteroatoms. The van der Waals surface area contributed by atoms with E-state index in [1.807, 2.05) is 42.5 Å². The lowest BCUT2D eigenvalue weighted by molar-refractivity contribution is -0.118. The molecule has 0 radical (unpaired) electrons. The van der Waals surface area contributed by atoms with E-state index in [1.54, 1.807) is 12.1 Å². The Labute approximate surface area is 154 Å². The molecular weight excluding hydrogens is 358 g/mol. The van der Waals surface area contributed by atoms with E-state index in [1.165, 1.54) is 16.4 Å². The van der Waals surface area contributed by atoms with Crippen molar-refractivity contribution in [2.24, 2.45) is 0 Å². The Balaban J connectivity index is 1.54. The lowest BCUT2D eigenvalue weighted by atomic mass is 10.2. The molecule has 3 rings (SSSR count). The molecular formula is C17H16ClN5OS. The zero-order valence-corrected chi connectivity index (χ0v) is 14.8. The highest BCUT2D eigenvalue weighted by atomic mass is 35.5. The molecule has 0 aliphatic rings. The van der Waals surface area contributed by atoms with E-state index in [0.717, 1.165) is 11.1 Å². The lowest BCUT2D eigenvalue weighted by Gasteiger charge is -2.06. The molecule has 1 heterocycles. The number of carbonyl (C=O) groups excluding carboxylic acids is 1. The molecule has 0 saturated heterocycles. The van der Waals surface area contributed by atoms with Crippen molar-refractivity contribution >= 4 is 29.3 Å². The Hall–Kier alpha value is -2.51. The number of rotatable bonds is 6. The van der Waals surface area contributed by atoms with Crippen molar-refractivity contribution < 1.29 is 4.79 Å². The van der Waals surface area contributed by atoms with Gasteiger partial charge in [0.05, 0.1) is 5.75 Å². The zero-order valence-electron chi connectivity index (χ0n) is 13.2. The number of thioether (sulfide) groups is 1. The van der Waals surface area contributed by atoms with Crippen molar-refractivity contribution in [1.82, 2.24) is 20.2 Å². The van der Waals surface area contributed by atoms with Crippen LogP contribution in [-0.4, -0.2) is 26.5 Å². The molecule has 6 nitrogen and oxygen atoms in total. The minimum Gasteiger partial charge on any atom is -0.351 e. The van der Waals surface area contributed by atoms with E-state index in [4.69, 9.17) is 17.4 Å². The first kappa shape index (κ1) is 17.3. The summed E-state index contributed by atoms with van der Waals surface area (Å²) in [7, 11) is 0. The van der Waals surface area contributed by atoms with E-state index in [-0.39, 0.29) is 11.7 Å². The second kappa shape index (κ2) is 8.04. The van der Waals surface area contributed by atoms with Crippen molar-refractivity contribution in [3.8, 4) is 11.4 Å². The normalized spacial score (nSPS) is 10.6. The minimum absolute atomic E-state index is 0.107. The number of nitrogens with zero attached hydrogens (tertiary/aromatic N) is 3. The summed E-state index contributed by atoms with van der Waals surface area (Å²) in [4.78, 5) is 12.0. The highest BCUT2D eigenvalue weighted by molar-refractivity contribution is 7.99. The van der Waals surface area contributed by atoms with Crippen LogP contribution in [0.1, 0.15) is 5.56 Å². The van der Waals surface area contributed by atoms with Crippen LogP contribution in [0.3, 0.4) is 0 Å². The Bertz CT molecular complexity index is 851. The van der Waals surface area contributed by atoms with Gasteiger partial charge in [-0.15, -0.1) is 10.2 Å². The van der Waals surface area contributed by atoms with E-state index >= 15 is 0 Å². The summed E-state index contributed by atoms with van der Waals surface area (Å²) in [5.41, 5.74) is 1.85. The molecule has 1 aromatic heterocycles. The van der Waals surface area contributed by atoms with Crippen LogP contribution in [0.15, 0.2) is 59.8 Å². The molecule has 3 aromatic rings. The molecule has 0 aliphatic carbocycles. The Kier molecular flexibility index (Phi) is 5.57. The number of nitrogens with one attached hydrogen (secondary N) is 1. The second-order valence-electron chi connectivity index (χ2n) is 5.23. The van der Waals surface area contributed by atoms with Crippen LogP contribution in [0.5, 0.6) is 0 Å². The molecule has 0 aliphatic heterocycles. The molecule has 0 bridgehead atoms. The highest BCUT2D eigenvalue weighted by Gasteiger charge is 2.13. The summed E-state index contributed by atoms with van der Waals surface area (Å²) in [6.07, 6.45) is 0. The number of nitrogen functional groups attached to an aromatic ring is 1. The van der Waals surface area contributed by atoms with Gasteiger partial charge in [0.2, 0.25) is 11.1 Å². The van der Waals surface area contributed by atoms with E-state index < -0.39 is 0 Å². The number of hydrogen-bond acceptors (Lipinski definition) is 5. The highest BCUT2D eigenvalue weighted by Crippen LogP contribution is 2.21. The van der Waals surface area contributed by atoms with E-state index in [2.05, 4.69) is 15.5 Å². The quantitative estimate of drug-likeness (QED) is 0.512. The third-order valence-corrected chi connectivity index (χ3v) is 4.63. The van der Waals surface area contributed by atoms with Gasteiger partial charge in [-0.1, -0.05) is 65.8 Å². The van der Waals surface area contributed by atoms with Crippen LogP contribution in [0.25, 0.3) is 11.4 Å². The molecule has 25 heavy (non-hydrogen) atoms. The molecule has 0 spiro atoms. The smallest absolute Gasteiger partial charge is 0.230 e. The maximum Gasteiger partial charge on any atom is 0.230 e. The summed E-state index contributed by atoms with van der Waals surface area (Å²) in [6.45, 7) is 0.446. The SMILES string of the molecule is Nn1c(SCC(=O)NCc2ccc(Cl)cc2)nnc1-c1ccccc1. The van der Waals surface area contributed by atoms with E-state index in [0.29, 0.717) is 22.5 Å². The van der Waals surface area contributed by atoms with Crippen LogP contribution >= 0.6 is 23.4 Å². The van der Waals surface area contributed by atoms with Gasteiger partial charge in [0.1, 0.15) is 0 Å². The predicted octanol–water partition coefficient (Wildman–Crippen LogP) is 2.72. The van der Waals surface area contributed by atoms with Gasteiger partial charge >= 0.3 is 0 Å². The molecule has 2 aromatic carbocycles. The summed E-state index contributed by atoms with van der Waals surface area (Å²) in [6, 6.07) is 16.9. The number of amides is 1. The van der Waals surface area contributed by atoms with Crippen LogP contribution in [0, 0.1) is 0 Å². The van der Waals surface area contributed by atoms with Crippen LogP contribution in [0.2, 0.25) is 5.02 Å². The van der Waals surface area contributed by atoms with Crippen molar-refractivity contribution in [2.75, 3.05) is 11.6 Å². The number of nitrogens with two attached hydrogens (primary N) is 1. The Morgan fingerprint density at radius 2 is 1.84 bits per heavy atom. The van der Waals surface area contributed by atoms with Crippen molar-refractivity contribution in [2.45, 2.75) is 11.7 Å². The van der Waals surface area contributed by atoms with Crippen LogP contribution in [-0.2, 0) is 11.3 Å². The third-order valence-electron chi connectivity index (χ3n) is 3.43. The summed E-state index contributed by atoms with van der Waals surface area (Å²) in [5, 5.41) is 12.1. The first-order valence-electron chi connectivity index (χ1n) is 7.53. The average molecular weight is 374 g/mol. The summed E-state index contributed by atoms with van der Waals surface area (Å²) < 4.78 is 1.40. The van der Waals surface area contributed by atoms with Gasteiger partial charge in [0.15, 0.2) is 5.82 Å². The maximum atomic E-state index is 12.0. The van der Waals surface area contributed by atoms with Gasteiger partial charge in [-0.2, -0.15) is 0 Å². The van der Waals surface area contributed by atoms with Crippen molar-refractivity contribution in [1.29, 1.82) is 0 Å². The number of benzene rings is 2. The maximum absolute atomic E-state index is 12.0. The lowest BCUT2D eigenvalue weighted by Crippen LogP contribution is -2.25. The minimum atomic E-state index is -0.107. The topological polar surface area (TPSA) is 85.8 Å². The first-order chi connectivity index (χ1) is 12.1. The third kappa shape index (κ3) is 4.52. The zero-order chi connectivity index (χ0) is 17.6. The molecule has 3 N–H and O–H groups in total. The molecule has 1 amide bonds. The van der Waals surface area contributed by atoms with Gasteiger partial charge in [-0.05, 0) is 17.7 Å². The van der Waals surface area contributed by atoms with Crippen molar-refractivity contribution in [3.05, 3.63) is 65.2 Å². The fraction of sp³-hybridized carbons (Fsp3) is 0.118. The average Bonchev–Trinajstić information content (AvgIpc) is 3.01. The number of hydrogen-bond donors (Lipinski definition) is 2.